The second kappa shape index (κ2) is 5.11. The Morgan fingerprint density at radius 1 is 1.40 bits per heavy atom. The molecule has 0 aromatic carbocycles. The van der Waals surface area contributed by atoms with Gasteiger partial charge in [0.15, 0.2) is 0 Å². The Morgan fingerprint density at radius 3 is 1.70 bits per heavy atom. The van der Waals surface area contributed by atoms with E-state index >= 15 is 0 Å². The Morgan fingerprint density at radius 2 is 1.70 bits per heavy atom. The maximum atomic E-state index is 9.70. The van der Waals surface area contributed by atoms with E-state index in [0.29, 0.717) is 0 Å². The summed E-state index contributed by atoms with van der Waals surface area (Å²) in [6.45, 7) is 0.869. The van der Waals surface area contributed by atoms with Gasteiger partial charge in [-0.1, -0.05) is 0 Å². The normalized spacial score (nSPS) is 8.60. The second-order valence-corrected chi connectivity index (χ2v) is 2.02. The Bertz CT molecular complexity index is 184. The summed E-state index contributed by atoms with van der Waals surface area (Å²) in [5, 5.41) is 0. The highest BCUT2D eigenvalue weighted by Gasteiger charge is 2.06. The van der Waals surface area contributed by atoms with E-state index in [9.17, 15) is 13.2 Å². The van der Waals surface area contributed by atoms with Crippen molar-refractivity contribution in [3.05, 3.63) is 0 Å². The van der Waals surface area contributed by atoms with Crippen LogP contribution in [0.4, 0.5) is 0 Å². The summed E-state index contributed by atoms with van der Waals surface area (Å²) in [5.74, 6) is -1.06. The van der Waals surface area contributed by atoms with Crippen LogP contribution in [0.2, 0.25) is 0 Å². The van der Waals surface area contributed by atoms with Crippen LogP contribution in [0.15, 0.2) is 0 Å². The minimum Gasteiger partial charge on any atom is -0.344 e. The van der Waals surface area contributed by atoms with E-state index in [1.807, 2.05) is 0 Å². The molecule has 7 N–H and O–H groups in total. The van der Waals surface area contributed by atoms with Gasteiger partial charge < -0.3 is 16.5 Å². The summed E-state index contributed by atoms with van der Waals surface area (Å²) in [5.41, 5.74) is 0. The van der Waals surface area contributed by atoms with E-state index in [-0.39, 0.29) is 12.3 Å². The minimum atomic E-state index is -4.57. The molecule has 0 aromatic rings. The molecule has 10 heavy (non-hydrogen) atoms. The standard InChI is InChI=1S/C2H4O5S.2H3N/c1-2(3)7-8(4,5)6;;/h1H3,(H,4,5,6);2*1H3. The zero-order valence-corrected chi connectivity index (χ0v) is 6.22. The third-order valence-electron chi connectivity index (χ3n) is 0.223. The predicted molar refractivity (Wildman–Crippen MR) is 33.4 cm³/mol. The molecule has 0 aliphatic carbocycles. The highest BCUT2D eigenvalue weighted by atomic mass is 32.3. The number of hydrogen-bond donors (Lipinski definition) is 3. The van der Waals surface area contributed by atoms with E-state index in [1.165, 1.54) is 0 Å². The van der Waals surface area contributed by atoms with Gasteiger partial charge >= 0.3 is 16.4 Å². The first-order chi connectivity index (χ1) is 3.42. The molecule has 0 saturated carbocycles. The predicted octanol–water partition coefficient (Wildman–Crippen LogP) is -0.324. The Labute approximate surface area is 58.5 Å². The van der Waals surface area contributed by atoms with Crippen LogP contribution in [0.3, 0.4) is 0 Å². The number of rotatable bonds is 1. The van der Waals surface area contributed by atoms with Gasteiger partial charge in [-0.3, -0.25) is 9.35 Å². The maximum Gasteiger partial charge on any atom is 0.448 e. The summed E-state index contributed by atoms with van der Waals surface area (Å²) in [4.78, 5) is 9.70. The van der Waals surface area contributed by atoms with Gasteiger partial charge in [0.2, 0.25) is 0 Å². The fraction of sp³-hybridized carbons (Fsp3) is 0.500. The molecule has 0 aromatic heterocycles. The molecule has 0 atom stereocenters. The number of carbonyl (C=O) groups excluding carboxylic acids is 1. The molecule has 0 fully saturated rings. The lowest BCUT2D eigenvalue weighted by atomic mass is 10.9. The molecule has 0 bridgehead atoms. The van der Waals surface area contributed by atoms with Gasteiger partial charge in [0.25, 0.3) is 0 Å². The summed E-state index contributed by atoms with van der Waals surface area (Å²) in [6, 6.07) is 0. The average Bonchev–Trinajstić information content (AvgIpc) is 1.21. The smallest absolute Gasteiger partial charge is 0.344 e. The first kappa shape index (κ1) is 16.1. The second-order valence-electron chi connectivity index (χ2n) is 1.00. The average molecular weight is 174 g/mol. The van der Waals surface area contributed by atoms with Gasteiger partial charge in [-0.25, -0.2) is 0 Å². The van der Waals surface area contributed by atoms with Crippen molar-refractivity contribution < 1.29 is 21.9 Å². The zero-order chi connectivity index (χ0) is 6.78. The zero-order valence-electron chi connectivity index (χ0n) is 5.40. The Hall–Kier alpha value is -0.700. The number of hydrogen-bond acceptors (Lipinski definition) is 6. The molecule has 0 rings (SSSR count). The highest BCUT2D eigenvalue weighted by molar-refractivity contribution is 7.81. The minimum absolute atomic E-state index is 0. The fourth-order valence-electron chi connectivity index (χ4n) is 0.148. The molecule has 8 heteroatoms. The summed E-state index contributed by atoms with van der Waals surface area (Å²) < 4.78 is 30.2. The first-order valence-electron chi connectivity index (χ1n) is 1.59. The Kier molecular flexibility index (Phi) is 8.25. The van der Waals surface area contributed by atoms with Gasteiger partial charge in [-0.15, -0.1) is 0 Å². The molecular formula is C2H10N2O5S. The third kappa shape index (κ3) is 15.7. The molecule has 0 aliphatic heterocycles. The molecule has 0 saturated heterocycles. The molecule has 0 aliphatic rings. The molecule has 64 valence electrons. The first-order valence-corrected chi connectivity index (χ1v) is 2.96. The summed E-state index contributed by atoms with van der Waals surface area (Å²) in [6.07, 6.45) is 0. The monoisotopic (exact) mass is 174 g/mol. The summed E-state index contributed by atoms with van der Waals surface area (Å²) in [7, 11) is -4.57. The molecule has 7 nitrogen and oxygen atoms in total. The Balaban J connectivity index is -0.000000245. The van der Waals surface area contributed by atoms with Crippen LogP contribution in [0.25, 0.3) is 0 Å². The maximum absolute atomic E-state index is 9.70. The van der Waals surface area contributed by atoms with Crippen LogP contribution >= 0.6 is 0 Å². The fourth-order valence-corrected chi connectivity index (χ4v) is 0.445. The van der Waals surface area contributed by atoms with Crippen molar-refractivity contribution in [2.75, 3.05) is 0 Å². The van der Waals surface area contributed by atoms with Gasteiger partial charge in [-0.2, -0.15) is 8.42 Å². The summed E-state index contributed by atoms with van der Waals surface area (Å²) >= 11 is 0. The third-order valence-corrected chi connectivity index (χ3v) is 0.668. The van der Waals surface area contributed by atoms with Crippen molar-refractivity contribution in [2.45, 2.75) is 6.92 Å². The van der Waals surface area contributed by atoms with Gasteiger partial charge in [0.05, 0.1) is 0 Å². The van der Waals surface area contributed by atoms with Crippen LogP contribution in [0.1, 0.15) is 6.92 Å². The molecule has 0 radical (unpaired) electrons. The van der Waals surface area contributed by atoms with Crippen molar-refractivity contribution in [3.63, 3.8) is 0 Å². The van der Waals surface area contributed by atoms with Crippen molar-refractivity contribution in [2.24, 2.45) is 0 Å². The van der Waals surface area contributed by atoms with E-state index in [4.69, 9.17) is 4.55 Å². The quantitative estimate of drug-likeness (QED) is 0.460. The van der Waals surface area contributed by atoms with Gasteiger partial charge in [0.1, 0.15) is 0 Å². The molecule has 0 amide bonds. The van der Waals surface area contributed by atoms with Crippen molar-refractivity contribution >= 4 is 16.4 Å². The molecule has 0 heterocycles. The van der Waals surface area contributed by atoms with Crippen LogP contribution < -0.4 is 12.3 Å². The number of carbonyl (C=O) groups is 1. The van der Waals surface area contributed by atoms with E-state index in [0.717, 1.165) is 6.92 Å². The SMILES string of the molecule is CC(=O)OS(=O)(=O)O.N.N. The molecular weight excluding hydrogens is 164 g/mol. The largest absolute Gasteiger partial charge is 0.448 e. The lowest BCUT2D eigenvalue weighted by Crippen LogP contribution is -2.07. The van der Waals surface area contributed by atoms with Gasteiger partial charge in [-0.05, 0) is 0 Å². The van der Waals surface area contributed by atoms with Crippen molar-refractivity contribution in [3.8, 4) is 0 Å². The van der Waals surface area contributed by atoms with Crippen LogP contribution in [-0.2, 0) is 19.4 Å². The molecule has 0 unspecified atom stereocenters. The van der Waals surface area contributed by atoms with E-state index < -0.39 is 16.4 Å². The van der Waals surface area contributed by atoms with Crippen molar-refractivity contribution in [1.29, 1.82) is 0 Å². The van der Waals surface area contributed by atoms with Crippen LogP contribution in [0, 0.1) is 0 Å². The van der Waals surface area contributed by atoms with Crippen LogP contribution in [-0.4, -0.2) is 18.9 Å². The topological polar surface area (TPSA) is 151 Å². The highest BCUT2D eigenvalue weighted by Crippen LogP contribution is 1.84. The van der Waals surface area contributed by atoms with Crippen LogP contribution in [0.5, 0.6) is 0 Å². The van der Waals surface area contributed by atoms with Gasteiger partial charge in [0, 0.05) is 6.92 Å². The van der Waals surface area contributed by atoms with Crippen molar-refractivity contribution in [1.82, 2.24) is 12.3 Å². The molecule has 0 spiro atoms. The van der Waals surface area contributed by atoms with E-state index in [2.05, 4.69) is 4.18 Å². The lowest BCUT2D eigenvalue weighted by Gasteiger charge is -1.90. The lowest BCUT2D eigenvalue weighted by molar-refractivity contribution is -0.131. The van der Waals surface area contributed by atoms with E-state index in [1.54, 1.807) is 0 Å².